The van der Waals surface area contributed by atoms with E-state index in [1.807, 2.05) is 12.1 Å². The summed E-state index contributed by atoms with van der Waals surface area (Å²) >= 11 is 1.51. The van der Waals surface area contributed by atoms with Crippen LogP contribution in [-0.4, -0.2) is 45.9 Å². The van der Waals surface area contributed by atoms with Gasteiger partial charge in [-0.05, 0) is 54.0 Å². The highest BCUT2D eigenvalue weighted by atomic mass is 32.2. The normalized spacial score (nSPS) is 20.3. The average Bonchev–Trinajstić information content (AvgIpc) is 3.39. The third-order valence-electron chi connectivity index (χ3n) is 7.31. The van der Waals surface area contributed by atoms with E-state index >= 15 is 0 Å². The van der Waals surface area contributed by atoms with Crippen LogP contribution in [0.1, 0.15) is 35.7 Å². The number of benzene rings is 1. The predicted molar refractivity (Wildman–Crippen MR) is 128 cm³/mol. The largest absolute Gasteiger partial charge is 0.494 e. The third-order valence-corrected chi connectivity index (χ3v) is 8.27. The second-order valence-electron chi connectivity index (χ2n) is 9.16. The van der Waals surface area contributed by atoms with Gasteiger partial charge in [0.15, 0.2) is 11.6 Å². The van der Waals surface area contributed by atoms with Crippen molar-refractivity contribution in [1.82, 2.24) is 19.9 Å². The Labute approximate surface area is 201 Å². The number of aromatic nitrogens is 3. The van der Waals surface area contributed by atoms with Gasteiger partial charge in [-0.1, -0.05) is 17.8 Å². The number of fused-ring (bicyclic) bond motifs is 2. The van der Waals surface area contributed by atoms with Crippen molar-refractivity contribution in [3.8, 4) is 5.75 Å². The Morgan fingerprint density at radius 3 is 2.88 bits per heavy atom. The van der Waals surface area contributed by atoms with Gasteiger partial charge >= 0.3 is 0 Å². The summed E-state index contributed by atoms with van der Waals surface area (Å²) in [5.74, 6) is 2.22. The molecule has 1 fully saturated rings. The highest BCUT2D eigenvalue weighted by Gasteiger charge is 2.46. The molecule has 9 heteroatoms. The van der Waals surface area contributed by atoms with Crippen molar-refractivity contribution in [2.24, 2.45) is 16.1 Å². The van der Waals surface area contributed by atoms with E-state index in [0.717, 1.165) is 59.4 Å². The lowest BCUT2D eigenvalue weighted by Crippen LogP contribution is -2.46. The number of hydrogen-bond acceptors (Lipinski definition) is 8. The smallest absolute Gasteiger partial charge is 0.176 e. The summed E-state index contributed by atoms with van der Waals surface area (Å²) in [5, 5.41) is 0.805. The van der Waals surface area contributed by atoms with Crippen LogP contribution in [0.4, 0.5) is 10.2 Å². The Kier molecular flexibility index (Phi) is 5.26. The molecular formula is C25H25FN6OS. The molecule has 1 atom stereocenters. The van der Waals surface area contributed by atoms with Crippen LogP contribution < -0.4 is 10.5 Å². The van der Waals surface area contributed by atoms with Gasteiger partial charge < -0.3 is 15.4 Å². The van der Waals surface area contributed by atoms with Crippen LogP contribution in [-0.2, 0) is 12.8 Å². The van der Waals surface area contributed by atoms with Gasteiger partial charge in [-0.2, -0.15) is 0 Å². The highest BCUT2D eigenvalue weighted by Crippen LogP contribution is 2.51. The predicted octanol–water partition coefficient (Wildman–Crippen LogP) is 4.09. The molecule has 2 N–H and O–H groups in total. The molecule has 0 radical (unpaired) electrons. The number of nitrogens with two attached hydrogens (primary N) is 1. The van der Waals surface area contributed by atoms with Gasteiger partial charge in [0.05, 0.1) is 36.5 Å². The maximum atomic E-state index is 13.8. The van der Waals surface area contributed by atoms with Crippen LogP contribution in [0.2, 0.25) is 0 Å². The van der Waals surface area contributed by atoms with Crippen molar-refractivity contribution in [3.63, 3.8) is 0 Å². The minimum absolute atomic E-state index is 0.00253. The van der Waals surface area contributed by atoms with Crippen LogP contribution in [0, 0.1) is 11.2 Å². The lowest BCUT2D eigenvalue weighted by Gasteiger charge is -2.43. The molecule has 1 aromatic carbocycles. The fourth-order valence-corrected chi connectivity index (χ4v) is 6.26. The number of halogens is 1. The Morgan fingerprint density at radius 2 is 2.06 bits per heavy atom. The third kappa shape index (κ3) is 3.63. The van der Waals surface area contributed by atoms with Crippen molar-refractivity contribution < 1.29 is 9.13 Å². The van der Waals surface area contributed by atoms with E-state index in [0.29, 0.717) is 18.0 Å². The van der Waals surface area contributed by atoms with Crippen molar-refractivity contribution in [2.45, 2.75) is 41.6 Å². The number of likely N-dealkylation sites (tertiary alicyclic amines) is 1. The second kappa shape index (κ2) is 8.32. The highest BCUT2D eigenvalue weighted by molar-refractivity contribution is 7.99. The summed E-state index contributed by atoms with van der Waals surface area (Å²) in [6, 6.07) is 6.85. The number of aliphatic imine (C=N–C) groups is 1. The molecule has 7 nitrogen and oxygen atoms in total. The first-order valence-electron chi connectivity index (χ1n) is 11.4. The maximum absolute atomic E-state index is 13.8. The first-order valence-corrected chi connectivity index (χ1v) is 12.2. The number of pyridine rings is 1. The zero-order valence-electron chi connectivity index (χ0n) is 18.9. The van der Waals surface area contributed by atoms with E-state index in [2.05, 4.69) is 14.9 Å². The molecule has 0 unspecified atom stereocenters. The number of methoxy groups -OCH3 is 1. The van der Waals surface area contributed by atoms with Crippen molar-refractivity contribution in [3.05, 3.63) is 65.5 Å². The molecule has 34 heavy (non-hydrogen) atoms. The van der Waals surface area contributed by atoms with Gasteiger partial charge in [-0.25, -0.2) is 19.4 Å². The van der Waals surface area contributed by atoms with Gasteiger partial charge in [0.1, 0.15) is 16.7 Å². The molecule has 1 aliphatic carbocycles. The summed E-state index contributed by atoms with van der Waals surface area (Å²) in [6.07, 6.45) is 8.71. The molecule has 1 saturated heterocycles. The lowest BCUT2D eigenvalue weighted by molar-refractivity contribution is 0.127. The minimum atomic E-state index is -0.207. The van der Waals surface area contributed by atoms with Crippen LogP contribution in [0.15, 0.2) is 57.8 Å². The Bertz CT molecular complexity index is 1290. The second-order valence-corrected chi connectivity index (χ2v) is 10.2. The zero-order valence-corrected chi connectivity index (χ0v) is 19.7. The number of rotatable bonds is 3. The van der Waals surface area contributed by atoms with Crippen molar-refractivity contribution >= 4 is 23.4 Å². The molecule has 174 valence electrons. The van der Waals surface area contributed by atoms with E-state index in [-0.39, 0.29) is 17.3 Å². The average molecular weight is 477 g/mol. The first-order chi connectivity index (χ1) is 16.5. The summed E-state index contributed by atoms with van der Waals surface area (Å²) in [5.41, 5.74) is 9.71. The van der Waals surface area contributed by atoms with Gasteiger partial charge in [-0.15, -0.1) is 0 Å². The van der Waals surface area contributed by atoms with Gasteiger partial charge in [0.25, 0.3) is 0 Å². The first kappa shape index (κ1) is 21.5. The molecule has 4 heterocycles. The van der Waals surface area contributed by atoms with Gasteiger partial charge in [0, 0.05) is 25.3 Å². The molecule has 3 aromatic rings. The van der Waals surface area contributed by atoms with E-state index in [9.17, 15) is 4.39 Å². The monoisotopic (exact) mass is 476 g/mol. The molecule has 2 aliphatic heterocycles. The van der Waals surface area contributed by atoms with Gasteiger partial charge in [0.2, 0.25) is 0 Å². The Morgan fingerprint density at radius 1 is 1.21 bits per heavy atom. The number of piperidine rings is 1. The standard InChI is InChI=1S/C25H25FN6OS/c1-33-19-13-28-7-4-20(19)34-22-14-29-24-18(30-22)11-21(31-24)32-8-5-25(6-9-32)12-15-2-3-16(26)10-17(15)23(25)27/h2-4,7,10,13-14,23H,5-6,8-9,11-12,27H2,1H3/t23-/m1/s1. The zero-order chi connectivity index (χ0) is 23.3. The molecule has 2 aromatic heterocycles. The fraction of sp³-hybridized carbons (Fsp3) is 0.360. The van der Waals surface area contributed by atoms with Crippen molar-refractivity contribution in [1.29, 1.82) is 0 Å². The van der Waals surface area contributed by atoms with Crippen LogP contribution in [0.3, 0.4) is 0 Å². The molecular weight excluding hydrogens is 451 g/mol. The Balaban J connectivity index is 1.13. The summed E-state index contributed by atoms with van der Waals surface area (Å²) in [4.78, 5) is 21.5. The number of amidine groups is 1. The molecule has 0 bridgehead atoms. The SMILES string of the molecule is COc1cnccc1Sc1cnc2c(n1)CC(N1CCC3(CC1)Cc1ccc(F)cc1[C@H]3N)=N2. The van der Waals surface area contributed by atoms with E-state index in [4.69, 9.17) is 20.4 Å². The summed E-state index contributed by atoms with van der Waals surface area (Å²) in [6.45, 7) is 1.76. The molecule has 0 saturated carbocycles. The molecule has 6 rings (SSSR count). The maximum Gasteiger partial charge on any atom is 0.176 e. The number of ether oxygens (including phenoxy) is 1. The quantitative estimate of drug-likeness (QED) is 0.609. The summed E-state index contributed by atoms with van der Waals surface area (Å²) < 4.78 is 19.2. The van der Waals surface area contributed by atoms with Gasteiger partial charge in [-0.3, -0.25) is 4.98 Å². The molecule has 0 amide bonds. The Hall–Kier alpha value is -3.04. The molecule has 3 aliphatic rings. The fourth-order valence-electron chi connectivity index (χ4n) is 5.41. The topological polar surface area (TPSA) is 89.5 Å². The van der Waals surface area contributed by atoms with Crippen molar-refractivity contribution in [2.75, 3.05) is 20.2 Å². The minimum Gasteiger partial charge on any atom is -0.494 e. The van der Waals surface area contributed by atoms with Crippen LogP contribution in [0.5, 0.6) is 5.75 Å². The molecule has 1 spiro atoms. The van der Waals surface area contributed by atoms with E-state index in [1.165, 1.54) is 17.3 Å². The lowest BCUT2D eigenvalue weighted by atomic mass is 9.73. The number of hydrogen-bond donors (Lipinski definition) is 1. The van der Waals surface area contributed by atoms with Crippen LogP contribution >= 0.6 is 11.8 Å². The van der Waals surface area contributed by atoms with E-state index in [1.54, 1.807) is 37.8 Å². The van der Waals surface area contributed by atoms with Crippen LogP contribution in [0.25, 0.3) is 0 Å². The summed E-state index contributed by atoms with van der Waals surface area (Å²) in [7, 11) is 1.63. The van der Waals surface area contributed by atoms with E-state index < -0.39 is 0 Å². The number of nitrogens with zero attached hydrogens (tertiary/aromatic N) is 5.